The molecule has 6 heteroatoms. The van der Waals surface area contributed by atoms with Gasteiger partial charge in [0.15, 0.2) is 0 Å². The van der Waals surface area contributed by atoms with E-state index < -0.39 is 12.1 Å². The number of hydrogen-bond acceptors (Lipinski definition) is 5. The predicted octanol–water partition coefficient (Wildman–Crippen LogP) is 3.18. The summed E-state index contributed by atoms with van der Waals surface area (Å²) in [5.74, 6) is -0.368. The number of carboxylic acids is 1. The van der Waals surface area contributed by atoms with Crippen molar-refractivity contribution < 1.29 is 24.9 Å². The molecule has 1 aliphatic carbocycles. The summed E-state index contributed by atoms with van der Waals surface area (Å²) in [5.41, 5.74) is 0. The molecule has 1 fully saturated rings. The number of aliphatic hydroxyl groups excluding tert-OH is 2. The molecule has 5 nitrogen and oxygen atoms in total. The standard InChI is InChI=1S/C19H32O5S/c1-2-3-6-9-14(20)13-25-19-15(16(21)12-17(19)22)10-7-4-5-8-11-18(23)24/h4,7,14-15,17,19-20,22H,2-3,5-6,8-13H2,1H3,(H,23,24)/t14?,15-,17?,19+/m0/s1. The summed E-state index contributed by atoms with van der Waals surface area (Å²) in [5, 5.41) is 28.6. The molecule has 144 valence electrons. The first-order valence-corrected chi connectivity index (χ1v) is 10.4. The van der Waals surface area contributed by atoms with Gasteiger partial charge in [-0.25, -0.2) is 0 Å². The largest absolute Gasteiger partial charge is 0.481 e. The zero-order chi connectivity index (χ0) is 18.7. The van der Waals surface area contributed by atoms with Gasteiger partial charge in [0, 0.05) is 29.8 Å². The molecule has 0 aromatic carbocycles. The van der Waals surface area contributed by atoms with Crippen molar-refractivity contribution in [1.29, 1.82) is 0 Å². The van der Waals surface area contributed by atoms with Gasteiger partial charge in [0.05, 0.1) is 12.2 Å². The van der Waals surface area contributed by atoms with Gasteiger partial charge >= 0.3 is 5.97 Å². The van der Waals surface area contributed by atoms with Crippen LogP contribution >= 0.6 is 11.8 Å². The molecule has 0 aromatic heterocycles. The first-order chi connectivity index (χ1) is 12.0. The molecule has 0 saturated heterocycles. The molecule has 3 N–H and O–H groups in total. The van der Waals surface area contributed by atoms with Crippen LogP contribution in [-0.4, -0.2) is 50.3 Å². The van der Waals surface area contributed by atoms with Gasteiger partial charge in [0.1, 0.15) is 5.78 Å². The number of aliphatic carboxylic acids is 1. The van der Waals surface area contributed by atoms with E-state index in [1.54, 1.807) is 0 Å². The number of carbonyl (C=O) groups is 2. The Bertz CT molecular complexity index is 438. The smallest absolute Gasteiger partial charge is 0.303 e. The maximum atomic E-state index is 12.1. The quantitative estimate of drug-likeness (QED) is 0.339. The number of rotatable bonds is 13. The van der Waals surface area contributed by atoms with E-state index in [2.05, 4.69) is 6.92 Å². The van der Waals surface area contributed by atoms with Crippen molar-refractivity contribution in [2.45, 2.75) is 82.2 Å². The van der Waals surface area contributed by atoms with Crippen LogP contribution in [0.3, 0.4) is 0 Å². The summed E-state index contributed by atoms with van der Waals surface area (Å²) >= 11 is 1.51. The average molecular weight is 373 g/mol. The Balaban J connectivity index is 2.38. The summed E-state index contributed by atoms with van der Waals surface area (Å²) in [6, 6.07) is 0. The monoisotopic (exact) mass is 372 g/mol. The van der Waals surface area contributed by atoms with Gasteiger partial charge in [0.25, 0.3) is 0 Å². The first-order valence-electron chi connectivity index (χ1n) is 9.33. The van der Waals surface area contributed by atoms with E-state index in [1.807, 2.05) is 12.2 Å². The highest BCUT2D eigenvalue weighted by molar-refractivity contribution is 8.00. The van der Waals surface area contributed by atoms with Crippen LogP contribution in [0.2, 0.25) is 0 Å². The van der Waals surface area contributed by atoms with Crippen LogP contribution in [0.25, 0.3) is 0 Å². The van der Waals surface area contributed by atoms with Gasteiger partial charge in [-0.05, 0) is 25.7 Å². The third-order valence-corrected chi connectivity index (χ3v) is 6.14. The number of carboxylic acid groups (broad SMARTS) is 1. The second kappa shape index (κ2) is 12.5. The highest BCUT2D eigenvalue weighted by Crippen LogP contribution is 2.36. The van der Waals surface area contributed by atoms with Crippen LogP contribution < -0.4 is 0 Å². The maximum absolute atomic E-state index is 12.1. The van der Waals surface area contributed by atoms with E-state index in [9.17, 15) is 19.8 Å². The lowest BCUT2D eigenvalue weighted by Crippen LogP contribution is -2.25. The van der Waals surface area contributed by atoms with Crippen molar-refractivity contribution >= 4 is 23.5 Å². The van der Waals surface area contributed by atoms with E-state index in [1.165, 1.54) is 11.8 Å². The van der Waals surface area contributed by atoms with E-state index in [-0.39, 0.29) is 35.9 Å². The van der Waals surface area contributed by atoms with Crippen molar-refractivity contribution in [3.8, 4) is 0 Å². The van der Waals surface area contributed by atoms with E-state index in [4.69, 9.17) is 5.11 Å². The van der Waals surface area contributed by atoms with Crippen molar-refractivity contribution in [3.05, 3.63) is 12.2 Å². The second-order valence-corrected chi connectivity index (χ2v) is 8.00. The minimum Gasteiger partial charge on any atom is -0.481 e. The van der Waals surface area contributed by atoms with Crippen molar-refractivity contribution in [2.75, 3.05) is 5.75 Å². The minimum absolute atomic E-state index is 0.0839. The fourth-order valence-corrected chi connectivity index (χ4v) is 4.51. The van der Waals surface area contributed by atoms with Crippen molar-refractivity contribution in [1.82, 2.24) is 0 Å². The lowest BCUT2D eigenvalue weighted by atomic mass is 10.0. The molecule has 2 unspecified atom stereocenters. The van der Waals surface area contributed by atoms with Gasteiger partial charge in [-0.15, -0.1) is 0 Å². The third-order valence-electron chi connectivity index (χ3n) is 4.54. The summed E-state index contributed by atoms with van der Waals surface area (Å²) in [7, 11) is 0. The Morgan fingerprint density at radius 2 is 2.08 bits per heavy atom. The molecule has 0 amide bonds. The summed E-state index contributed by atoms with van der Waals surface area (Å²) < 4.78 is 0. The van der Waals surface area contributed by atoms with Gasteiger partial charge < -0.3 is 15.3 Å². The number of thioether (sulfide) groups is 1. The molecule has 4 atom stereocenters. The predicted molar refractivity (Wildman–Crippen MR) is 101 cm³/mol. The van der Waals surface area contributed by atoms with E-state index in [0.29, 0.717) is 25.0 Å². The third kappa shape index (κ3) is 8.88. The summed E-state index contributed by atoms with van der Waals surface area (Å²) in [6.07, 6.45) is 9.04. The Labute approximate surface area is 154 Å². The molecule has 0 radical (unpaired) electrons. The number of unbranched alkanes of at least 4 members (excludes halogenated alkanes) is 3. The van der Waals surface area contributed by atoms with Crippen LogP contribution in [0, 0.1) is 5.92 Å². The highest BCUT2D eigenvalue weighted by Gasteiger charge is 2.41. The Morgan fingerprint density at radius 1 is 1.32 bits per heavy atom. The zero-order valence-corrected chi connectivity index (χ0v) is 15.9. The molecular formula is C19H32O5S. The fourth-order valence-electron chi connectivity index (χ4n) is 3.09. The van der Waals surface area contributed by atoms with E-state index in [0.717, 1.165) is 25.7 Å². The second-order valence-electron chi connectivity index (χ2n) is 6.78. The molecule has 0 aromatic rings. The van der Waals surface area contributed by atoms with Crippen LogP contribution in [0.1, 0.15) is 64.7 Å². The fraction of sp³-hybridized carbons (Fsp3) is 0.789. The molecule has 25 heavy (non-hydrogen) atoms. The molecule has 0 aliphatic heterocycles. The van der Waals surface area contributed by atoms with Gasteiger partial charge in [-0.2, -0.15) is 11.8 Å². The molecule has 0 bridgehead atoms. The van der Waals surface area contributed by atoms with Crippen LogP contribution in [0.15, 0.2) is 12.2 Å². The van der Waals surface area contributed by atoms with E-state index >= 15 is 0 Å². The lowest BCUT2D eigenvalue weighted by molar-refractivity contribution is -0.137. The maximum Gasteiger partial charge on any atom is 0.303 e. The van der Waals surface area contributed by atoms with Crippen LogP contribution in [0.5, 0.6) is 0 Å². The minimum atomic E-state index is -0.795. The number of carbonyl (C=O) groups excluding carboxylic acids is 1. The number of hydrogen-bond donors (Lipinski definition) is 3. The molecule has 1 aliphatic rings. The Kier molecular flexibility index (Phi) is 11.1. The molecule has 0 spiro atoms. The highest BCUT2D eigenvalue weighted by atomic mass is 32.2. The number of allylic oxidation sites excluding steroid dienone is 2. The first kappa shape index (κ1) is 22.2. The molecular weight excluding hydrogens is 340 g/mol. The molecule has 1 saturated carbocycles. The normalized spacial score (nSPS) is 24.9. The summed E-state index contributed by atoms with van der Waals surface area (Å²) in [6.45, 7) is 2.13. The van der Waals surface area contributed by atoms with Crippen molar-refractivity contribution in [2.24, 2.45) is 5.92 Å². The average Bonchev–Trinajstić information content (AvgIpc) is 2.82. The SMILES string of the molecule is CCCCCC(O)CS[C@H]1C(O)CC(=O)[C@@H]1CC=CCCCC(=O)O. The van der Waals surface area contributed by atoms with Crippen LogP contribution in [0.4, 0.5) is 0 Å². The number of ketones is 1. The van der Waals surface area contributed by atoms with Gasteiger partial charge in [-0.1, -0.05) is 38.3 Å². The topological polar surface area (TPSA) is 94.8 Å². The number of aliphatic hydroxyl groups is 2. The Hall–Kier alpha value is -0.850. The van der Waals surface area contributed by atoms with Crippen LogP contribution in [-0.2, 0) is 9.59 Å². The molecule has 0 heterocycles. The lowest BCUT2D eigenvalue weighted by Gasteiger charge is -2.21. The Morgan fingerprint density at radius 3 is 2.76 bits per heavy atom. The number of Topliss-reactive ketones (excluding diaryl/α,β-unsaturated/α-hetero) is 1. The summed E-state index contributed by atoms with van der Waals surface area (Å²) in [4.78, 5) is 22.6. The zero-order valence-electron chi connectivity index (χ0n) is 15.1. The van der Waals surface area contributed by atoms with Gasteiger partial charge in [0.2, 0.25) is 0 Å². The van der Waals surface area contributed by atoms with Crippen molar-refractivity contribution in [3.63, 3.8) is 0 Å². The molecule has 1 rings (SSSR count). The van der Waals surface area contributed by atoms with Gasteiger partial charge in [-0.3, -0.25) is 9.59 Å².